The zero-order chi connectivity index (χ0) is 26.4. The Hall–Kier alpha value is -3.90. The predicted molar refractivity (Wildman–Crippen MR) is 153 cm³/mol. The minimum Gasteiger partial charge on any atom is -0.493 e. The van der Waals surface area contributed by atoms with Gasteiger partial charge in [0, 0.05) is 11.1 Å². The standard InChI is InChI=1S/C32H30N2O3S/c1-19(2)20-12-14-22(15-13-20)29-25-17-16-21-8-5-6-10-24(21)28(25)33-32-34(29)31(35)27(38-32)18-23-9-7-11-26(36-3)30(23)37-4/h5-15,18-19,29H,16-17H2,1-4H3. The van der Waals surface area contributed by atoms with Crippen LogP contribution in [0.2, 0.25) is 0 Å². The van der Waals surface area contributed by atoms with Crippen LogP contribution in [0, 0.1) is 0 Å². The summed E-state index contributed by atoms with van der Waals surface area (Å²) in [6.07, 6.45) is 3.71. The molecule has 1 aliphatic carbocycles. The molecule has 1 aliphatic heterocycles. The van der Waals surface area contributed by atoms with Crippen LogP contribution in [0.1, 0.15) is 60.0 Å². The van der Waals surface area contributed by atoms with Crippen molar-refractivity contribution in [3.05, 3.63) is 120 Å². The Labute approximate surface area is 226 Å². The molecular weight excluding hydrogens is 492 g/mol. The number of hydrogen-bond donors (Lipinski definition) is 0. The van der Waals surface area contributed by atoms with Crippen molar-refractivity contribution < 1.29 is 9.47 Å². The second kappa shape index (κ2) is 9.76. The molecule has 0 saturated heterocycles. The third-order valence-electron chi connectivity index (χ3n) is 7.51. The van der Waals surface area contributed by atoms with Gasteiger partial charge in [-0.1, -0.05) is 85.8 Å². The van der Waals surface area contributed by atoms with Crippen molar-refractivity contribution in [2.24, 2.45) is 4.99 Å². The number of nitrogens with zero attached hydrogens (tertiary/aromatic N) is 2. The van der Waals surface area contributed by atoms with Crippen LogP contribution in [-0.4, -0.2) is 18.8 Å². The van der Waals surface area contributed by atoms with Gasteiger partial charge in [-0.2, -0.15) is 0 Å². The third kappa shape index (κ3) is 4.00. The van der Waals surface area contributed by atoms with Gasteiger partial charge in [-0.3, -0.25) is 9.36 Å². The molecule has 2 heterocycles. The molecule has 0 bridgehead atoms. The maximum Gasteiger partial charge on any atom is 0.271 e. The second-order valence-corrected chi connectivity index (χ2v) is 11.0. The van der Waals surface area contributed by atoms with Crippen molar-refractivity contribution in [1.29, 1.82) is 0 Å². The monoisotopic (exact) mass is 522 g/mol. The largest absolute Gasteiger partial charge is 0.493 e. The van der Waals surface area contributed by atoms with Gasteiger partial charge in [-0.25, -0.2) is 4.99 Å². The van der Waals surface area contributed by atoms with Crippen LogP contribution in [-0.2, 0) is 6.42 Å². The Morgan fingerprint density at radius 1 is 0.974 bits per heavy atom. The van der Waals surface area contributed by atoms with Crippen molar-refractivity contribution in [1.82, 2.24) is 4.57 Å². The van der Waals surface area contributed by atoms with Crippen LogP contribution in [0.15, 0.2) is 82.1 Å². The van der Waals surface area contributed by atoms with Crippen LogP contribution in [0.5, 0.6) is 11.5 Å². The molecule has 2 aliphatic rings. The molecule has 0 fully saturated rings. The van der Waals surface area contributed by atoms with Crippen molar-refractivity contribution >= 4 is 23.1 Å². The Morgan fingerprint density at radius 3 is 2.50 bits per heavy atom. The number of aromatic nitrogens is 1. The van der Waals surface area contributed by atoms with E-state index >= 15 is 0 Å². The van der Waals surface area contributed by atoms with Crippen LogP contribution >= 0.6 is 11.3 Å². The molecule has 0 radical (unpaired) electrons. The highest BCUT2D eigenvalue weighted by Gasteiger charge is 2.32. The average Bonchev–Trinajstić information content (AvgIpc) is 3.25. The number of para-hydroxylation sites is 1. The summed E-state index contributed by atoms with van der Waals surface area (Å²) in [6.45, 7) is 4.40. The molecule has 4 aromatic rings. The first-order valence-electron chi connectivity index (χ1n) is 12.9. The second-order valence-electron chi connectivity index (χ2n) is 10.0. The van der Waals surface area contributed by atoms with Gasteiger partial charge in [0.2, 0.25) is 0 Å². The summed E-state index contributed by atoms with van der Waals surface area (Å²) in [7, 11) is 3.23. The number of benzene rings is 3. The molecule has 0 saturated carbocycles. The number of hydrogen-bond acceptors (Lipinski definition) is 5. The molecule has 6 rings (SSSR count). The Balaban J connectivity index is 1.60. The lowest BCUT2D eigenvalue weighted by atomic mass is 9.83. The molecule has 0 spiro atoms. The van der Waals surface area contributed by atoms with E-state index in [1.54, 1.807) is 14.2 Å². The molecule has 192 valence electrons. The molecule has 1 unspecified atom stereocenters. The molecule has 1 atom stereocenters. The van der Waals surface area contributed by atoms with E-state index in [0.29, 0.717) is 21.9 Å². The maximum absolute atomic E-state index is 14.0. The smallest absolute Gasteiger partial charge is 0.271 e. The number of fused-ring (bicyclic) bond motifs is 3. The number of ether oxygens (including phenoxy) is 2. The fourth-order valence-electron chi connectivity index (χ4n) is 5.55. The number of thiazole rings is 1. The number of aryl methyl sites for hydroxylation is 1. The number of methoxy groups -OCH3 is 2. The van der Waals surface area contributed by atoms with Gasteiger partial charge in [0.1, 0.15) is 0 Å². The zero-order valence-electron chi connectivity index (χ0n) is 22.0. The number of rotatable bonds is 5. The van der Waals surface area contributed by atoms with Crippen LogP contribution in [0.3, 0.4) is 0 Å². The summed E-state index contributed by atoms with van der Waals surface area (Å²) in [6, 6.07) is 22.7. The van der Waals surface area contributed by atoms with Gasteiger partial charge in [-0.05, 0) is 53.2 Å². The average molecular weight is 523 g/mol. The lowest BCUT2D eigenvalue weighted by Gasteiger charge is -2.31. The molecule has 0 amide bonds. The fourth-order valence-corrected chi connectivity index (χ4v) is 6.54. The van der Waals surface area contributed by atoms with Gasteiger partial charge < -0.3 is 9.47 Å². The Morgan fingerprint density at radius 2 is 1.76 bits per heavy atom. The highest BCUT2D eigenvalue weighted by atomic mass is 32.1. The van der Waals surface area contributed by atoms with E-state index < -0.39 is 0 Å². The normalized spacial score (nSPS) is 16.6. The summed E-state index contributed by atoms with van der Waals surface area (Å²) >= 11 is 1.42. The lowest BCUT2D eigenvalue weighted by Crippen LogP contribution is -2.38. The molecule has 0 N–H and O–H groups in total. The maximum atomic E-state index is 14.0. The van der Waals surface area contributed by atoms with Gasteiger partial charge in [0.05, 0.1) is 30.5 Å². The van der Waals surface area contributed by atoms with E-state index in [1.165, 1.54) is 33.6 Å². The van der Waals surface area contributed by atoms with Crippen molar-refractivity contribution in [2.75, 3.05) is 14.2 Å². The lowest BCUT2D eigenvalue weighted by molar-refractivity contribution is 0.354. The van der Waals surface area contributed by atoms with E-state index in [2.05, 4.69) is 62.4 Å². The third-order valence-corrected chi connectivity index (χ3v) is 8.49. The summed E-state index contributed by atoms with van der Waals surface area (Å²) in [5.41, 5.74) is 7.85. The molecule has 38 heavy (non-hydrogen) atoms. The van der Waals surface area contributed by atoms with Crippen LogP contribution < -0.4 is 24.4 Å². The van der Waals surface area contributed by atoms with E-state index in [-0.39, 0.29) is 11.6 Å². The zero-order valence-corrected chi connectivity index (χ0v) is 22.8. The van der Waals surface area contributed by atoms with Gasteiger partial charge in [0.25, 0.3) is 5.56 Å². The highest BCUT2D eigenvalue weighted by Crippen LogP contribution is 2.41. The first-order chi connectivity index (χ1) is 18.5. The molecule has 3 aromatic carbocycles. The van der Waals surface area contributed by atoms with E-state index in [0.717, 1.165) is 34.5 Å². The fraction of sp³-hybridized carbons (Fsp3) is 0.250. The summed E-state index contributed by atoms with van der Waals surface area (Å²) in [5.74, 6) is 1.68. The summed E-state index contributed by atoms with van der Waals surface area (Å²) in [4.78, 5) is 19.9. The van der Waals surface area contributed by atoms with Crippen molar-refractivity contribution in [3.8, 4) is 11.5 Å². The Kier molecular flexibility index (Phi) is 6.28. The predicted octanol–water partition coefficient (Wildman–Crippen LogP) is 5.46. The topological polar surface area (TPSA) is 52.8 Å². The SMILES string of the molecule is COc1cccc(C=c2sc3n(c2=O)C(c2ccc(C(C)C)cc2)C2=C(N=3)c3ccccc3CC2)c1OC. The van der Waals surface area contributed by atoms with Crippen LogP contribution in [0.25, 0.3) is 11.8 Å². The Bertz CT molecular complexity index is 1740. The first-order valence-corrected chi connectivity index (χ1v) is 13.8. The molecule has 6 heteroatoms. The molecule has 1 aromatic heterocycles. The van der Waals surface area contributed by atoms with Crippen LogP contribution in [0.4, 0.5) is 0 Å². The highest BCUT2D eigenvalue weighted by molar-refractivity contribution is 7.07. The van der Waals surface area contributed by atoms with E-state index in [1.807, 2.05) is 28.8 Å². The molecular formula is C32H30N2O3S. The summed E-state index contributed by atoms with van der Waals surface area (Å²) in [5, 5.41) is 0. The minimum atomic E-state index is -0.190. The van der Waals surface area contributed by atoms with Crippen molar-refractivity contribution in [3.63, 3.8) is 0 Å². The van der Waals surface area contributed by atoms with Gasteiger partial charge >= 0.3 is 0 Å². The number of allylic oxidation sites excluding steroid dienone is 1. The summed E-state index contributed by atoms with van der Waals surface area (Å²) < 4.78 is 13.6. The van der Waals surface area contributed by atoms with Gasteiger partial charge in [0.15, 0.2) is 16.3 Å². The van der Waals surface area contributed by atoms with E-state index in [4.69, 9.17) is 14.5 Å². The molecule has 5 nitrogen and oxygen atoms in total. The quantitative estimate of drug-likeness (QED) is 0.350. The minimum absolute atomic E-state index is 0.0398. The first kappa shape index (κ1) is 24.4. The van der Waals surface area contributed by atoms with Gasteiger partial charge in [-0.15, -0.1) is 0 Å². The van der Waals surface area contributed by atoms with E-state index in [9.17, 15) is 4.79 Å². The van der Waals surface area contributed by atoms with Crippen molar-refractivity contribution in [2.45, 2.75) is 38.6 Å².